The van der Waals surface area contributed by atoms with Gasteiger partial charge in [0.25, 0.3) is 0 Å². The van der Waals surface area contributed by atoms with Crippen LogP contribution in [0.15, 0.2) is 28.7 Å². The first-order chi connectivity index (χ1) is 7.18. The molecule has 80 valence electrons. The molecule has 0 bridgehead atoms. The fourth-order valence-corrected chi connectivity index (χ4v) is 2.31. The summed E-state index contributed by atoms with van der Waals surface area (Å²) < 4.78 is 1.04. The monoisotopic (exact) mass is 267 g/mol. The third-order valence-corrected chi connectivity index (χ3v) is 3.36. The van der Waals surface area contributed by atoms with Crippen molar-refractivity contribution in [3.05, 3.63) is 28.7 Å². The topological polar surface area (TPSA) is 20.3 Å². The van der Waals surface area contributed by atoms with E-state index in [0.29, 0.717) is 12.5 Å². The number of hydrogen-bond acceptors (Lipinski definition) is 1. The zero-order chi connectivity index (χ0) is 10.8. The third kappa shape index (κ3) is 2.23. The number of halogens is 1. The molecular formula is C12H14BrNO. The molecular weight excluding hydrogens is 254 g/mol. The average Bonchev–Trinajstić information content (AvgIpc) is 2.20. The molecule has 0 aliphatic carbocycles. The molecule has 1 amide bonds. The molecule has 1 aromatic carbocycles. The minimum atomic E-state index is 0.246. The van der Waals surface area contributed by atoms with E-state index in [0.717, 1.165) is 23.0 Å². The molecule has 2 nitrogen and oxygen atoms in total. The van der Waals surface area contributed by atoms with Gasteiger partial charge in [-0.25, -0.2) is 0 Å². The molecule has 0 spiro atoms. The van der Waals surface area contributed by atoms with Crippen LogP contribution in [0.1, 0.15) is 26.2 Å². The molecule has 1 aliphatic rings. The molecule has 0 saturated carbocycles. The quantitative estimate of drug-likeness (QED) is 0.764. The van der Waals surface area contributed by atoms with Crippen LogP contribution in [0.5, 0.6) is 0 Å². The molecule has 1 heterocycles. The second-order valence-electron chi connectivity index (χ2n) is 3.98. The van der Waals surface area contributed by atoms with Crippen LogP contribution < -0.4 is 4.90 Å². The number of rotatable bonds is 1. The number of carbonyl (C=O) groups excluding carboxylic acids is 1. The van der Waals surface area contributed by atoms with Crippen LogP contribution in [0.2, 0.25) is 0 Å². The second-order valence-corrected chi connectivity index (χ2v) is 4.90. The maximum absolute atomic E-state index is 11.8. The fourth-order valence-electron chi connectivity index (χ4n) is 2.04. The highest BCUT2D eigenvalue weighted by Gasteiger charge is 2.25. The van der Waals surface area contributed by atoms with E-state index in [2.05, 4.69) is 22.9 Å². The van der Waals surface area contributed by atoms with E-state index in [9.17, 15) is 4.79 Å². The van der Waals surface area contributed by atoms with Crippen molar-refractivity contribution in [3.8, 4) is 0 Å². The summed E-state index contributed by atoms with van der Waals surface area (Å²) in [5, 5.41) is 0. The molecule has 1 saturated heterocycles. The minimum Gasteiger partial charge on any atom is -0.310 e. The Morgan fingerprint density at radius 2 is 2.00 bits per heavy atom. The van der Waals surface area contributed by atoms with Gasteiger partial charge in [0, 0.05) is 22.6 Å². The van der Waals surface area contributed by atoms with Gasteiger partial charge in [0.15, 0.2) is 0 Å². The van der Waals surface area contributed by atoms with Crippen LogP contribution in [0.4, 0.5) is 5.69 Å². The molecule has 0 aromatic heterocycles. The van der Waals surface area contributed by atoms with Crippen LogP contribution in [0.3, 0.4) is 0 Å². The van der Waals surface area contributed by atoms with Gasteiger partial charge in [0.1, 0.15) is 0 Å². The molecule has 15 heavy (non-hydrogen) atoms. The van der Waals surface area contributed by atoms with E-state index in [1.165, 1.54) is 0 Å². The number of nitrogens with zero attached hydrogens (tertiary/aromatic N) is 1. The fraction of sp³-hybridized carbons (Fsp3) is 0.417. The Morgan fingerprint density at radius 1 is 1.33 bits per heavy atom. The van der Waals surface area contributed by atoms with Gasteiger partial charge in [0.2, 0.25) is 5.91 Å². The van der Waals surface area contributed by atoms with Gasteiger partial charge >= 0.3 is 0 Å². The van der Waals surface area contributed by atoms with Gasteiger partial charge in [-0.1, -0.05) is 15.9 Å². The number of piperidine rings is 1. The molecule has 2 rings (SSSR count). The highest BCUT2D eigenvalue weighted by molar-refractivity contribution is 9.10. The Labute approximate surface area is 98.4 Å². The van der Waals surface area contributed by atoms with Crippen LogP contribution in [-0.4, -0.2) is 11.9 Å². The molecule has 1 unspecified atom stereocenters. The van der Waals surface area contributed by atoms with Crippen molar-refractivity contribution >= 4 is 27.5 Å². The first-order valence-electron chi connectivity index (χ1n) is 5.26. The van der Waals surface area contributed by atoms with Gasteiger partial charge in [0.05, 0.1) is 0 Å². The lowest BCUT2D eigenvalue weighted by Gasteiger charge is -2.33. The Bertz CT molecular complexity index is 360. The standard InChI is InChI=1S/C12H14BrNO/c1-9-3-2-4-12(15)14(9)11-7-5-10(13)6-8-11/h5-9H,2-4H2,1H3. The van der Waals surface area contributed by atoms with Gasteiger partial charge in [-0.3, -0.25) is 4.79 Å². The number of hydrogen-bond donors (Lipinski definition) is 0. The summed E-state index contributed by atoms with van der Waals surface area (Å²) in [7, 11) is 0. The summed E-state index contributed by atoms with van der Waals surface area (Å²) in [5.41, 5.74) is 1.01. The predicted octanol–water partition coefficient (Wildman–Crippen LogP) is 3.35. The molecule has 0 radical (unpaired) electrons. The molecule has 0 N–H and O–H groups in total. The summed E-state index contributed by atoms with van der Waals surface area (Å²) in [6, 6.07) is 8.26. The number of benzene rings is 1. The van der Waals surface area contributed by atoms with E-state index in [-0.39, 0.29) is 5.91 Å². The second kappa shape index (κ2) is 4.35. The Morgan fingerprint density at radius 3 is 2.60 bits per heavy atom. The van der Waals surface area contributed by atoms with Crippen LogP contribution in [0.25, 0.3) is 0 Å². The molecule has 1 atom stereocenters. The minimum absolute atomic E-state index is 0.246. The van der Waals surface area contributed by atoms with E-state index < -0.39 is 0 Å². The summed E-state index contributed by atoms with van der Waals surface area (Å²) >= 11 is 3.40. The van der Waals surface area contributed by atoms with E-state index >= 15 is 0 Å². The highest BCUT2D eigenvalue weighted by Crippen LogP contribution is 2.26. The molecule has 1 aromatic rings. The molecule has 3 heteroatoms. The van der Waals surface area contributed by atoms with Gasteiger partial charge in [-0.05, 0) is 44.0 Å². The molecule has 1 aliphatic heterocycles. The van der Waals surface area contributed by atoms with Crippen LogP contribution >= 0.6 is 15.9 Å². The first-order valence-corrected chi connectivity index (χ1v) is 6.05. The van der Waals surface area contributed by atoms with Crippen molar-refractivity contribution in [2.24, 2.45) is 0 Å². The summed E-state index contributed by atoms with van der Waals surface area (Å²) in [6.45, 7) is 2.11. The van der Waals surface area contributed by atoms with Crippen molar-refractivity contribution in [1.29, 1.82) is 0 Å². The van der Waals surface area contributed by atoms with Crippen molar-refractivity contribution in [1.82, 2.24) is 0 Å². The Kier molecular flexibility index (Phi) is 3.10. The summed E-state index contributed by atoms with van der Waals surface area (Å²) in [6.07, 6.45) is 2.80. The van der Waals surface area contributed by atoms with Crippen molar-refractivity contribution in [2.75, 3.05) is 4.90 Å². The van der Waals surface area contributed by atoms with E-state index in [1.807, 2.05) is 29.2 Å². The lowest BCUT2D eigenvalue weighted by Crippen LogP contribution is -2.41. The SMILES string of the molecule is CC1CCCC(=O)N1c1ccc(Br)cc1. The van der Waals surface area contributed by atoms with Crippen molar-refractivity contribution < 1.29 is 4.79 Å². The lowest BCUT2D eigenvalue weighted by atomic mass is 10.0. The van der Waals surface area contributed by atoms with E-state index in [1.54, 1.807) is 0 Å². The van der Waals surface area contributed by atoms with Crippen molar-refractivity contribution in [2.45, 2.75) is 32.2 Å². The number of anilines is 1. The highest BCUT2D eigenvalue weighted by atomic mass is 79.9. The lowest BCUT2D eigenvalue weighted by molar-refractivity contribution is -0.120. The summed E-state index contributed by atoms with van der Waals surface area (Å²) in [4.78, 5) is 13.7. The zero-order valence-corrected chi connectivity index (χ0v) is 10.3. The maximum Gasteiger partial charge on any atom is 0.227 e. The smallest absolute Gasteiger partial charge is 0.227 e. The van der Waals surface area contributed by atoms with Crippen molar-refractivity contribution in [3.63, 3.8) is 0 Å². The Hall–Kier alpha value is -0.830. The number of amides is 1. The van der Waals surface area contributed by atoms with Gasteiger partial charge < -0.3 is 4.90 Å². The zero-order valence-electron chi connectivity index (χ0n) is 8.74. The first kappa shape index (κ1) is 10.7. The number of carbonyl (C=O) groups is 1. The largest absolute Gasteiger partial charge is 0.310 e. The maximum atomic E-state index is 11.8. The van der Waals surface area contributed by atoms with Gasteiger partial charge in [-0.15, -0.1) is 0 Å². The van der Waals surface area contributed by atoms with Crippen LogP contribution in [0, 0.1) is 0 Å². The van der Waals surface area contributed by atoms with Gasteiger partial charge in [-0.2, -0.15) is 0 Å². The normalized spacial score (nSPS) is 21.9. The van der Waals surface area contributed by atoms with Crippen LogP contribution in [-0.2, 0) is 4.79 Å². The third-order valence-electron chi connectivity index (χ3n) is 2.83. The van der Waals surface area contributed by atoms with E-state index in [4.69, 9.17) is 0 Å². The average molecular weight is 268 g/mol. The summed E-state index contributed by atoms with van der Waals surface area (Å²) in [5.74, 6) is 0.246. The predicted molar refractivity (Wildman–Crippen MR) is 64.9 cm³/mol. The Balaban J connectivity index is 2.27. The molecule has 1 fully saturated rings.